The normalized spacial score (nSPS) is 20.4. The molecule has 1 aromatic carbocycles. The van der Waals surface area contributed by atoms with Crippen LogP contribution >= 0.6 is 12.6 Å². The van der Waals surface area contributed by atoms with Crippen molar-refractivity contribution in [2.45, 2.75) is 91.8 Å². The Morgan fingerprint density at radius 2 is 1.48 bits per heavy atom. The van der Waals surface area contributed by atoms with Gasteiger partial charge in [0.05, 0.1) is 11.2 Å². The predicted octanol–water partition coefficient (Wildman–Crippen LogP) is 4.40. The molecule has 0 unspecified atom stereocenters. The zero-order valence-corrected chi connectivity index (χ0v) is 23.0. The molecule has 8 heteroatoms. The van der Waals surface area contributed by atoms with Gasteiger partial charge in [-0.2, -0.15) is 12.6 Å². The molecule has 2 fully saturated rings. The Kier molecular flexibility index (Phi) is 7.16. The van der Waals surface area contributed by atoms with Crippen LogP contribution in [0, 0.1) is 20.8 Å². The summed E-state index contributed by atoms with van der Waals surface area (Å²) < 4.78 is 18.5. The molecule has 2 aliphatic heterocycles. The lowest BCUT2D eigenvalue weighted by atomic mass is 9.70. The molecule has 0 spiro atoms. The minimum absolute atomic E-state index is 0.242. The SMILES string of the molecule is Cc1c(CS)c(C)c(N2CCN(C(=O)OC(C)(C)C)CC2)c(C)c1B1OC(C)(C)C(C)(C)O1. The maximum Gasteiger partial charge on any atom is 0.495 e. The van der Waals surface area contributed by atoms with Gasteiger partial charge in [-0.05, 0) is 97.0 Å². The van der Waals surface area contributed by atoms with Gasteiger partial charge in [0.15, 0.2) is 0 Å². The van der Waals surface area contributed by atoms with E-state index >= 15 is 0 Å². The lowest BCUT2D eigenvalue weighted by Gasteiger charge is -2.39. The zero-order valence-electron chi connectivity index (χ0n) is 22.1. The van der Waals surface area contributed by atoms with E-state index in [1.54, 1.807) is 4.90 Å². The number of carbonyl (C=O) groups is 1. The average molecular weight is 476 g/mol. The van der Waals surface area contributed by atoms with Gasteiger partial charge in [0, 0.05) is 37.6 Å². The summed E-state index contributed by atoms with van der Waals surface area (Å²) in [5.41, 5.74) is 5.85. The highest BCUT2D eigenvalue weighted by atomic mass is 32.1. The van der Waals surface area contributed by atoms with Crippen molar-refractivity contribution in [1.82, 2.24) is 4.90 Å². The molecule has 3 rings (SSSR count). The molecule has 2 heterocycles. The summed E-state index contributed by atoms with van der Waals surface area (Å²) in [5, 5.41) is 0. The average Bonchev–Trinajstić information content (AvgIpc) is 2.88. The van der Waals surface area contributed by atoms with Gasteiger partial charge in [-0.3, -0.25) is 0 Å². The first kappa shape index (κ1) is 26.2. The van der Waals surface area contributed by atoms with Gasteiger partial charge < -0.3 is 23.8 Å². The van der Waals surface area contributed by atoms with Crippen LogP contribution in [0.2, 0.25) is 0 Å². The van der Waals surface area contributed by atoms with Crippen molar-refractivity contribution in [2.24, 2.45) is 0 Å². The first-order valence-electron chi connectivity index (χ1n) is 11.9. The van der Waals surface area contributed by atoms with Gasteiger partial charge in [-0.25, -0.2) is 4.79 Å². The smallest absolute Gasteiger partial charge is 0.444 e. The molecule has 184 valence electrons. The van der Waals surface area contributed by atoms with Gasteiger partial charge in [-0.15, -0.1) is 0 Å². The highest BCUT2D eigenvalue weighted by Crippen LogP contribution is 2.39. The van der Waals surface area contributed by atoms with Gasteiger partial charge in [-0.1, -0.05) is 0 Å². The topological polar surface area (TPSA) is 51.2 Å². The first-order valence-corrected chi connectivity index (χ1v) is 12.5. The molecule has 0 bridgehead atoms. The molecule has 1 amide bonds. The number of rotatable bonds is 3. The molecule has 33 heavy (non-hydrogen) atoms. The molecule has 0 saturated carbocycles. The third-order valence-corrected chi connectivity index (χ3v) is 7.63. The Hall–Kier alpha value is -1.38. The van der Waals surface area contributed by atoms with Gasteiger partial charge in [0.1, 0.15) is 5.60 Å². The van der Waals surface area contributed by atoms with Gasteiger partial charge in [0.25, 0.3) is 0 Å². The number of hydrogen-bond acceptors (Lipinski definition) is 6. The van der Waals surface area contributed by atoms with Gasteiger partial charge in [0.2, 0.25) is 0 Å². The second kappa shape index (κ2) is 9.01. The van der Waals surface area contributed by atoms with Gasteiger partial charge >= 0.3 is 13.2 Å². The molecule has 0 N–H and O–H groups in total. The maximum absolute atomic E-state index is 12.5. The van der Waals surface area contributed by atoms with Crippen molar-refractivity contribution < 1.29 is 18.8 Å². The Morgan fingerprint density at radius 3 is 1.94 bits per heavy atom. The van der Waals surface area contributed by atoms with Crippen LogP contribution in [0.15, 0.2) is 0 Å². The number of ether oxygens (including phenoxy) is 1. The van der Waals surface area contributed by atoms with E-state index < -0.39 is 23.9 Å². The zero-order chi connectivity index (χ0) is 24.9. The monoisotopic (exact) mass is 476 g/mol. The standard InChI is InChI=1S/C25H41BN2O4S/c1-16-19(15-33)17(2)21(18(3)20(16)26-31-24(7,8)25(9,10)32-26)27-11-13-28(14-12-27)22(29)30-23(4,5)6/h33H,11-15H2,1-10H3. The predicted molar refractivity (Wildman–Crippen MR) is 139 cm³/mol. The summed E-state index contributed by atoms with van der Waals surface area (Å²) in [6.07, 6.45) is -0.242. The molecule has 2 saturated heterocycles. The number of nitrogens with zero attached hydrogens (tertiary/aromatic N) is 2. The first-order chi connectivity index (χ1) is 15.1. The minimum Gasteiger partial charge on any atom is -0.444 e. The van der Waals surface area contributed by atoms with E-state index in [0.29, 0.717) is 18.8 Å². The summed E-state index contributed by atoms with van der Waals surface area (Å²) in [4.78, 5) is 16.7. The highest BCUT2D eigenvalue weighted by Gasteiger charge is 2.53. The van der Waals surface area contributed by atoms with Crippen LogP contribution in [0.1, 0.15) is 70.7 Å². The van der Waals surface area contributed by atoms with Crippen LogP contribution in [0.4, 0.5) is 10.5 Å². The summed E-state index contributed by atoms with van der Waals surface area (Å²) in [5.74, 6) is 0.648. The summed E-state index contributed by atoms with van der Waals surface area (Å²) in [6.45, 7) is 23.3. The van der Waals surface area contributed by atoms with E-state index in [4.69, 9.17) is 14.0 Å². The van der Waals surface area contributed by atoms with E-state index in [9.17, 15) is 4.79 Å². The lowest BCUT2D eigenvalue weighted by Crippen LogP contribution is -2.51. The Morgan fingerprint density at radius 1 is 0.970 bits per heavy atom. The molecular weight excluding hydrogens is 435 g/mol. The molecule has 2 aliphatic rings. The summed E-state index contributed by atoms with van der Waals surface area (Å²) in [7, 11) is -0.420. The van der Waals surface area contributed by atoms with E-state index in [1.165, 1.54) is 27.9 Å². The number of benzene rings is 1. The van der Waals surface area contributed by atoms with Crippen molar-refractivity contribution in [1.29, 1.82) is 0 Å². The number of thiol groups is 1. The van der Waals surface area contributed by atoms with Crippen LogP contribution in [-0.2, 0) is 19.8 Å². The number of hydrogen-bond donors (Lipinski definition) is 1. The minimum atomic E-state index is -0.489. The molecule has 0 atom stereocenters. The third-order valence-electron chi connectivity index (χ3n) is 7.32. The Bertz CT molecular complexity index is 902. The second-order valence-corrected chi connectivity index (χ2v) is 11.6. The lowest BCUT2D eigenvalue weighted by molar-refractivity contribution is 0.00578. The maximum atomic E-state index is 12.5. The van der Waals surface area contributed by atoms with Crippen molar-refractivity contribution in [3.8, 4) is 0 Å². The molecule has 0 aromatic heterocycles. The van der Waals surface area contributed by atoms with Crippen molar-refractivity contribution in [3.63, 3.8) is 0 Å². The Labute approximate surface area is 205 Å². The number of carbonyl (C=O) groups excluding carboxylic acids is 1. The van der Waals surface area contributed by atoms with E-state index in [-0.39, 0.29) is 6.09 Å². The number of piperazine rings is 1. The van der Waals surface area contributed by atoms with Crippen LogP contribution in [0.3, 0.4) is 0 Å². The highest BCUT2D eigenvalue weighted by molar-refractivity contribution is 7.79. The fourth-order valence-electron chi connectivity index (χ4n) is 4.74. The summed E-state index contributed by atoms with van der Waals surface area (Å²) in [6, 6.07) is 0. The van der Waals surface area contributed by atoms with E-state index in [0.717, 1.165) is 18.6 Å². The molecule has 0 radical (unpaired) electrons. The van der Waals surface area contributed by atoms with E-state index in [2.05, 4.69) is 66.0 Å². The van der Waals surface area contributed by atoms with Crippen LogP contribution in [0.25, 0.3) is 0 Å². The molecule has 1 aromatic rings. The van der Waals surface area contributed by atoms with Crippen LogP contribution in [-0.4, -0.2) is 61.1 Å². The van der Waals surface area contributed by atoms with Crippen molar-refractivity contribution in [2.75, 3.05) is 31.1 Å². The third kappa shape index (κ3) is 5.03. The van der Waals surface area contributed by atoms with Crippen molar-refractivity contribution >= 4 is 37.0 Å². The van der Waals surface area contributed by atoms with Crippen molar-refractivity contribution in [3.05, 3.63) is 22.3 Å². The molecule has 0 aliphatic carbocycles. The molecular formula is C25H41BN2O4S. The van der Waals surface area contributed by atoms with E-state index in [1.807, 2.05) is 20.8 Å². The quantitative estimate of drug-likeness (QED) is 0.518. The number of amides is 1. The fourth-order valence-corrected chi connectivity index (χ4v) is 5.22. The second-order valence-electron chi connectivity index (χ2n) is 11.3. The Balaban J connectivity index is 1.93. The van der Waals surface area contributed by atoms with Crippen LogP contribution in [0.5, 0.6) is 0 Å². The van der Waals surface area contributed by atoms with Crippen LogP contribution < -0.4 is 10.4 Å². The number of anilines is 1. The molecule has 6 nitrogen and oxygen atoms in total. The summed E-state index contributed by atoms with van der Waals surface area (Å²) >= 11 is 4.66. The largest absolute Gasteiger partial charge is 0.495 e. The fraction of sp³-hybridized carbons (Fsp3) is 0.720.